The lowest BCUT2D eigenvalue weighted by molar-refractivity contribution is 0.102. The van der Waals surface area contributed by atoms with Crippen LogP contribution in [0.3, 0.4) is 0 Å². The molecule has 134 valence electrons. The second-order valence-electron chi connectivity index (χ2n) is 5.97. The van der Waals surface area contributed by atoms with Crippen LogP contribution in [0.4, 0.5) is 5.69 Å². The Morgan fingerprint density at radius 3 is 2.35 bits per heavy atom. The number of ether oxygens (including phenoxy) is 2. The first kappa shape index (κ1) is 17.6. The van der Waals surface area contributed by atoms with Crippen molar-refractivity contribution in [2.24, 2.45) is 0 Å². The van der Waals surface area contributed by atoms with Crippen molar-refractivity contribution in [3.05, 3.63) is 65.4 Å². The van der Waals surface area contributed by atoms with E-state index < -0.39 is 0 Å². The fourth-order valence-electron chi connectivity index (χ4n) is 2.67. The fourth-order valence-corrected chi connectivity index (χ4v) is 2.67. The SMILES string of the molecule is COc1ccc(OC)c(NC(=O)c2cc(-c3ccc(C)cc3)oc2C)c1. The van der Waals surface area contributed by atoms with Crippen molar-refractivity contribution in [1.82, 2.24) is 0 Å². The van der Waals surface area contributed by atoms with Crippen molar-refractivity contribution in [3.63, 3.8) is 0 Å². The van der Waals surface area contributed by atoms with E-state index in [9.17, 15) is 4.79 Å². The molecule has 0 aliphatic heterocycles. The number of carbonyl (C=O) groups excluding carboxylic acids is 1. The largest absolute Gasteiger partial charge is 0.497 e. The van der Waals surface area contributed by atoms with E-state index in [0.29, 0.717) is 34.3 Å². The van der Waals surface area contributed by atoms with Gasteiger partial charge in [0.1, 0.15) is 23.0 Å². The lowest BCUT2D eigenvalue weighted by atomic mass is 10.1. The molecule has 0 atom stereocenters. The van der Waals surface area contributed by atoms with Gasteiger partial charge in [-0.05, 0) is 32.0 Å². The number of methoxy groups -OCH3 is 2. The summed E-state index contributed by atoms with van der Waals surface area (Å²) in [6.07, 6.45) is 0. The Labute approximate surface area is 152 Å². The molecule has 0 radical (unpaired) electrons. The maximum atomic E-state index is 12.7. The van der Waals surface area contributed by atoms with Gasteiger partial charge in [0.25, 0.3) is 5.91 Å². The second-order valence-corrected chi connectivity index (χ2v) is 5.97. The van der Waals surface area contributed by atoms with Crippen LogP contribution in [0.5, 0.6) is 11.5 Å². The van der Waals surface area contributed by atoms with Gasteiger partial charge in [-0.15, -0.1) is 0 Å². The van der Waals surface area contributed by atoms with Crippen molar-refractivity contribution >= 4 is 11.6 Å². The van der Waals surface area contributed by atoms with Crippen molar-refractivity contribution < 1.29 is 18.7 Å². The number of amides is 1. The Morgan fingerprint density at radius 2 is 1.69 bits per heavy atom. The summed E-state index contributed by atoms with van der Waals surface area (Å²) in [6, 6.07) is 14.9. The number of benzene rings is 2. The van der Waals surface area contributed by atoms with Gasteiger partial charge in [0.05, 0.1) is 25.5 Å². The third-order valence-electron chi connectivity index (χ3n) is 4.15. The van der Waals surface area contributed by atoms with Gasteiger partial charge >= 0.3 is 0 Å². The minimum atomic E-state index is -0.267. The molecule has 1 heterocycles. The predicted octanol–water partition coefficient (Wildman–Crippen LogP) is 4.83. The topological polar surface area (TPSA) is 60.7 Å². The quantitative estimate of drug-likeness (QED) is 0.715. The zero-order valence-electron chi connectivity index (χ0n) is 15.3. The smallest absolute Gasteiger partial charge is 0.259 e. The summed E-state index contributed by atoms with van der Waals surface area (Å²) in [7, 11) is 3.12. The van der Waals surface area contributed by atoms with Crippen LogP contribution >= 0.6 is 0 Å². The first-order chi connectivity index (χ1) is 12.5. The molecule has 0 saturated heterocycles. The highest BCUT2D eigenvalue weighted by molar-refractivity contribution is 6.06. The molecule has 2 aromatic carbocycles. The van der Waals surface area contributed by atoms with Crippen molar-refractivity contribution in [2.45, 2.75) is 13.8 Å². The highest BCUT2D eigenvalue weighted by Crippen LogP contribution is 2.31. The van der Waals surface area contributed by atoms with Crippen molar-refractivity contribution in [2.75, 3.05) is 19.5 Å². The van der Waals surface area contributed by atoms with Crippen LogP contribution < -0.4 is 14.8 Å². The number of nitrogens with one attached hydrogen (secondary N) is 1. The molecule has 5 nitrogen and oxygen atoms in total. The highest BCUT2D eigenvalue weighted by atomic mass is 16.5. The third kappa shape index (κ3) is 3.57. The Bertz CT molecular complexity index is 926. The van der Waals surface area contributed by atoms with Gasteiger partial charge in [0.15, 0.2) is 0 Å². The molecule has 0 unspecified atom stereocenters. The number of anilines is 1. The average molecular weight is 351 g/mol. The zero-order chi connectivity index (χ0) is 18.7. The molecule has 1 aromatic heterocycles. The van der Waals surface area contributed by atoms with Gasteiger partial charge in [-0.25, -0.2) is 0 Å². The average Bonchev–Trinajstić information content (AvgIpc) is 3.04. The maximum Gasteiger partial charge on any atom is 0.259 e. The van der Waals surface area contributed by atoms with Gasteiger partial charge in [-0.2, -0.15) is 0 Å². The van der Waals surface area contributed by atoms with Gasteiger partial charge in [-0.3, -0.25) is 4.79 Å². The van der Waals surface area contributed by atoms with Crippen LogP contribution in [0, 0.1) is 13.8 Å². The Kier molecular flexibility index (Phi) is 4.98. The van der Waals surface area contributed by atoms with Crippen LogP contribution in [0.15, 0.2) is 52.9 Å². The van der Waals surface area contributed by atoms with E-state index in [2.05, 4.69) is 5.32 Å². The summed E-state index contributed by atoms with van der Waals surface area (Å²) < 4.78 is 16.3. The van der Waals surface area contributed by atoms with Gasteiger partial charge in [0.2, 0.25) is 0 Å². The molecular formula is C21H21NO4. The zero-order valence-corrected chi connectivity index (χ0v) is 15.3. The molecule has 3 aromatic rings. The van der Waals surface area contributed by atoms with Crippen LogP contribution in [-0.4, -0.2) is 20.1 Å². The standard InChI is InChI=1S/C21H21NO4/c1-13-5-7-15(8-6-13)20-12-17(14(2)26-20)21(23)22-18-11-16(24-3)9-10-19(18)25-4/h5-12H,1-4H3,(H,22,23). The molecule has 1 amide bonds. The third-order valence-corrected chi connectivity index (χ3v) is 4.15. The van der Waals surface area contributed by atoms with Crippen molar-refractivity contribution in [3.8, 4) is 22.8 Å². The van der Waals surface area contributed by atoms with Crippen LogP contribution in [0.1, 0.15) is 21.7 Å². The molecule has 0 aliphatic carbocycles. The van der Waals surface area contributed by atoms with E-state index in [4.69, 9.17) is 13.9 Å². The molecule has 0 fully saturated rings. The summed E-state index contributed by atoms with van der Waals surface area (Å²) in [4.78, 5) is 12.7. The van der Waals surface area contributed by atoms with E-state index in [1.54, 1.807) is 45.4 Å². The lowest BCUT2D eigenvalue weighted by Crippen LogP contribution is -2.13. The lowest BCUT2D eigenvalue weighted by Gasteiger charge is -2.11. The molecule has 0 saturated carbocycles. The number of hydrogen-bond acceptors (Lipinski definition) is 4. The number of carbonyl (C=O) groups is 1. The molecule has 0 spiro atoms. The number of rotatable bonds is 5. The summed E-state index contributed by atoms with van der Waals surface area (Å²) >= 11 is 0. The number of hydrogen-bond donors (Lipinski definition) is 1. The molecule has 1 N–H and O–H groups in total. The minimum absolute atomic E-state index is 0.267. The Morgan fingerprint density at radius 1 is 0.962 bits per heavy atom. The second kappa shape index (κ2) is 7.35. The van der Waals surface area contributed by atoms with Crippen LogP contribution in [0.2, 0.25) is 0 Å². The molecule has 26 heavy (non-hydrogen) atoms. The summed E-state index contributed by atoms with van der Waals surface area (Å²) in [5.41, 5.74) is 3.11. The first-order valence-corrected chi connectivity index (χ1v) is 8.22. The Hall–Kier alpha value is -3.21. The van der Waals surface area contributed by atoms with E-state index in [0.717, 1.165) is 5.56 Å². The monoisotopic (exact) mass is 351 g/mol. The van der Waals surface area contributed by atoms with Crippen molar-refractivity contribution in [1.29, 1.82) is 0 Å². The molecular weight excluding hydrogens is 330 g/mol. The van der Waals surface area contributed by atoms with Gasteiger partial charge < -0.3 is 19.2 Å². The van der Waals surface area contributed by atoms with E-state index >= 15 is 0 Å². The number of aryl methyl sites for hydroxylation is 2. The van der Waals surface area contributed by atoms with E-state index in [-0.39, 0.29) is 5.91 Å². The Balaban J connectivity index is 1.88. The molecule has 0 aliphatic rings. The summed E-state index contributed by atoms with van der Waals surface area (Å²) in [5.74, 6) is 2.13. The highest BCUT2D eigenvalue weighted by Gasteiger charge is 2.18. The van der Waals surface area contributed by atoms with Crippen LogP contribution in [-0.2, 0) is 0 Å². The first-order valence-electron chi connectivity index (χ1n) is 8.22. The van der Waals surface area contributed by atoms with Gasteiger partial charge in [-0.1, -0.05) is 29.8 Å². The predicted molar refractivity (Wildman–Crippen MR) is 101 cm³/mol. The maximum absolute atomic E-state index is 12.7. The number of furan rings is 1. The summed E-state index contributed by atoms with van der Waals surface area (Å²) in [6.45, 7) is 3.80. The van der Waals surface area contributed by atoms with Gasteiger partial charge in [0, 0.05) is 11.6 Å². The normalized spacial score (nSPS) is 10.5. The van der Waals surface area contributed by atoms with E-state index in [1.165, 1.54) is 5.56 Å². The fraction of sp³-hybridized carbons (Fsp3) is 0.190. The van der Waals surface area contributed by atoms with E-state index in [1.807, 2.05) is 31.2 Å². The molecule has 3 rings (SSSR count). The molecule has 5 heteroatoms. The van der Waals surface area contributed by atoms with Crippen LogP contribution in [0.25, 0.3) is 11.3 Å². The molecule has 0 bridgehead atoms. The minimum Gasteiger partial charge on any atom is -0.497 e. The summed E-state index contributed by atoms with van der Waals surface area (Å²) in [5, 5.41) is 2.86.